The number of aromatic nitrogens is 5. The van der Waals surface area contributed by atoms with E-state index in [4.69, 9.17) is 4.74 Å². The van der Waals surface area contributed by atoms with Gasteiger partial charge in [0.1, 0.15) is 28.7 Å². The number of halogens is 1. The summed E-state index contributed by atoms with van der Waals surface area (Å²) < 4.78 is 23.8. The predicted octanol–water partition coefficient (Wildman–Crippen LogP) is 3.68. The number of aliphatic hydroxyl groups is 1. The highest BCUT2D eigenvalue weighted by Gasteiger charge is 2.32. The van der Waals surface area contributed by atoms with Gasteiger partial charge in [0.15, 0.2) is 0 Å². The van der Waals surface area contributed by atoms with Crippen LogP contribution in [0.25, 0.3) is 33.4 Å². The van der Waals surface area contributed by atoms with E-state index < -0.39 is 12.4 Å². The van der Waals surface area contributed by atoms with Crippen LogP contribution in [0.5, 0.6) is 0 Å². The standard InChI is InChI=1S/C36H35FN8O4/c1-22-17-42(27-20-49-21-27)9-10-43(22)26-4-6-33(39-16-26)40-30-14-24(18-41(2)35(30)47)28-7-8-38-34(29(28)19-46)45-12-11-44-31-5-3-25(37)13-23(31)15-32(44)36(45)48/h3-8,11-16,18,22,27,46H,9-10,17,19-21H2,1-2H3,(H,39,40)/t22-/m0/s1. The van der Waals surface area contributed by atoms with E-state index in [-0.39, 0.29) is 16.9 Å². The van der Waals surface area contributed by atoms with Gasteiger partial charge in [-0.25, -0.2) is 14.4 Å². The minimum Gasteiger partial charge on any atom is -0.392 e. The van der Waals surface area contributed by atoms with Crippen molar-refractivity contribution in [2.75, 3.05) is 43.1 Å². The molecule has 2 aliphatic rings. The normalized spacial score (nSPS) is 17.1. The third-order valence-corrected chi connectivity index (χ3v) is 9.66. The van der Waals surface area contributed by atoms with E-state index >= 15 is 0 Å². The van der Waals surface area contributed by atoms with Crippen molar-refractivity contribution in [3.63, 3.8) is 0 Å². The van der Waals surface area contributed by atoms with Gasteiger partial charge in [-0.2, -0.15) is 0 Å². The number of hydrogen-bond acceptors (Lipinski definition) is 9. The average molecular weight is 663 g/mol. The number of rotatable bonds is 7. The maximum atomic E-state index is 13.9. The van der Waals surface area contributed by atoms with Crippen LogP contribution in [-0.2, 0) is 18.4 Å². The first-order valence-electron chi connectivity index (χ1n) is 16.2. The summed E-state index contributed by atoms with van der Waals surface area (Å²) in [5.74, 6) is 0.382. The Morgan fingerprint density at radius 2 is 1.86 bits per heavy atom. The molecule has 5 aromatic heterocycles. The van der Waals surface area contributed by atoms with E-state index in [1.165, 1.54) is 21.3 Å². The second-order valence-electron chi connectivity index (χ2n) is 12.7. The van der Waals surface area contributed by atoms with Crippen molar-refractivity contribution in [2.45, 2.75) is 25.6 Å². The van der Waals surface area contributed by atoms with Crippen LogP contribution >= 0.6 is 0 Å². The van der Waals surface area contributed by atoms with Crippen molar-refractivity contribution in [3.8, 4) is 16.9 Å². The molecule has 0 saturated carbocycles. The molecule has 2 N–H and O–H groups in total. The Labute approximate surface area is 280 Å². The topological polar surface area (TPSA) is 122 Å². The second-order valence-corrected chi connectivity index (χ2v) is 12.7. The highest BCUT2D eigenvalue weighted by molar-refractivity contribution is 5.87. The maximum absolute atomic E-state index is 13.9. The van der Waals surface area contributed by atoms with Crippen molar-refractivity contribution in [3.05, 3.63) is 112 Å². The van der Waals surface area contributed by atoms with Crippen molar-refractivity contribution in [1.82, 2.24) is 28.4 Å². The van der Waals surface area contributed by atoms with Gasteiger partial charge in [-0.15, -0.1) is 0 Å². The van der Waals surface area contributed by atoms with E-state index in [9.17, 15) is 19.1 Å². The van der Waals surface area contributed by atoms with Gasteiger partial charge in [0.25, 0.3) is 11.1 Å². The van der Waals surface area contributed by atoms with Crippen LogP contribution in [-0.4, -0.2) is 78.4 Å². The summed E-state index contributed by atoms with van der Waals surface area (Å²) in [4.78, 5) is 40.9. The molecule has 0 amide bonds. The Bertz CT molecular complexity index is 2330. The first-order chi connectivity index (χ1) is 23.8. The zero-order chi connectivity index (χ0) is 33.8. The molecule has 49 heavy (non-hydrogen) atoms. The molecule has 1 atom stereocenters. The van der Waals surface area contributed by atoms with Crippen LogP contribution in [0.2, 0.25) is 0 Å². The molecule has 0 bridgehead atoms. The molecule has 0 spiro atoms. The number of nitrogens with zero attached hydrogens (tertiary/aromatic N) is 7. The molecule has 7 heterocycles. The highest BCUT2D eigenvalue weighted by Crippen LogP contribution is 2.30. The molecule has 1 aromatic carbocycles. The number of pyridine rings is 3. The average Bonchev–Trinajstić information content (AvgIpc) is 3.45. The van der Waals surface area contributed by atoms with Crippen molar-refractivity contribution in [2.24, 2.45) is 7.05 Å². The van der Waals surface area contributed by atoms with Gasteiger partial charge < -0.3 is 29.0 Å². The molecule has 0 radical (unpaired) electrons. The van der Waals surface area contributed by atoms with Crippen molar-refractivity contribution < 1.29 is 14.2 Å². The number of hydrogen-bond donors (Lipinski definition) is 2. The van der Waals surface area contributed by atoms with Gasteiger partial charge in [-0.3, -0.25) is 19.1 Å². The van der Waals surface area contributed by atoms with Crippen LogP contribution in [0, 0.1) is 5.82 Å². The quantitative estimate of drug-likeness (QED) is 0.264. The molecule has 12 nitrogen and oxygen atoms in total. The van der Waals surface area contributed by atoms with Gasteiger partial charge in [0.2, 0.25) is 0 Å². The van der Waals surface area contributed by atoms with Crippen molar-refractivity contribution >= 4 is 33.6 Å². The van der Waals surface area contributed by atoms with E-state index in [0.717, 1.165) is 38.5 Å². The summed E-state index contributed by atoms with van der Waals surface area (Å²) in [7, 11) is 1.66. The lowest BCUT2D eigenvalue weighted by Crippen LogP contribution is -2.59. The Morgan fingerprint density at radius 1 is 1.00 bits per heavy atom. The zero-order valence-electron chi connectivity index (χ0n) is 27.1. The highest BCUT2D eigenvalue weighted by atomic mass is 19.1. The van der Waals surface area contributed by atoms with E-state index in [2.05, 4.69) is 32.0 Å². The van der Waals surface area contributed by atoms with Gasteiger partial charge in [0.05, 0.1) is 43.3 Å². The minimum absolute atomic E-state index is 0.251. The fourth-order valence-electron chi connectivity index (χ4n) is 6.99. The van der Waals surface area contributed by atoms with E-state index in [1.54, 1.807) is 60.5 Å². The number of anilines is 3. The number of benzene rings is 1. The van der Waals surface area contributed by atoms with Crippen LogP contribution in [0.4, 0.5) is 21.6 Å². The number of aliphatic hydroxyl groups excluding tert-OH is 1. The summed E-state index contributed by atoms with van der Waals surface area (Å²) in [5.41, 5.74) is 3.38. The Balaban J connectivity index is 1.09. The maximum Gasteiger partial charge on any atom is 0.280 e. The lowest BCUT2D eigenvalue weighted by Gasteiger charge is -2.46. The zero-order valence-corrected chi connectivity index (χ0v) is 27.1. The molecular weight excluding hydrogens is 627 g/mol. The van der Waals surface area contributed by atoms with Gasteiger partial charge in [0, 0.05) is 74.0 Å². The number of nitrogens with one attached hydrogen (secondary N) is 1. The van der Waals surface area contributed by atoms with E-state index in [0.29, 0.717) is 56.7 Å². The smallest absolute Gasteiger partial charge is 0.280 e. The molecular formula is C36H35FN8O4. The largest absolute Gasteiger partial charge is 0.392 e. The Kier molecular flexibility index (Phi) is 7.74. The first-order valence-corrected chi connectivity index (χ1v) is 16.2. The first kappa shape index (κ1) is 30.9. The third kappa shape index (κ3) is 5.45. The number of fused-ring (bicyclic) bond motifs is 3. The minimum atomic E-state index is -0.417. The van der Waals surface area contributed by atoms with E-state index in [1.807, 2.05) is 18.3 Å². The summed E-state index contributed by atoms with van der Waals surface area (Å²) in [5, 5.41) is 14.4. The molecule has 250 valence electrons. The number of piperazine rings is 1. The molecule has 13 heteroatoms. The number of ether oxygens (including phenoxy) is 1. The second kappa shape index (κ2) is 12.3. The lowest BCUT2D eigenvalue weighted by atomic mass is 10.0. The Morgan fingerprint density at radius 3 is 2.59 bits per heavy atom. The van der Waals surface area contributed by atoms with Crippen LogP contribution in [0.1, 0.15) is 12.5 Å². The van der Waals surface area contributed by atoms with Gasteiger partial charge in [-0.1, -0.05) is 0 Å². The van der Waals surface area contributed by atoms with Crippen LogP contribution in [0.3, 0.4) is 0 Å². The van der Waals surface area contributed by atoms with Crippen LogP contribution in [0.15, 0.2) is 89.1 Å². The predicted molar refractivity (Wildman–Crippen MR) is 185 cm³/mol. The van der Waals surface area contributed by atoms with Gasteiger partial charge >= 0.3 is 0 Å². The summed E-state index contributed by atoms with van der Waals surface area (Å²) in [6, 6.07) is 14.2. The SMILES string of the molecule is C[C@H]1CN(C2COC2)CCN1c1ccc(Nc2cc(-c3ccnc(-n4ccn5c(cc6cc(F)ccc65)c4=O)c3CO)cn(C)c2=O)nc1. The molecule has 2 saturated heterocycles. The molecule has 6 aromatic rings. The number of aryl methyl sites for hydroxylation is 1. The summed E-state index contributed by atoms with van der Waals surface area (Å²) in [6.07, 6.45) is 8.36. The Hall–Kier alpha value is -5.37. The summed E-state index contributed by atoms with van der Waals surface area (Å²) in [6.45, 7) is 6.27. The third-order valence-electron chi connectivity index (χ3n) is 9.66. The summed E-state index contributed by atoms with van der Waals surface area (Å²) >= 11 is 0. The van der Waals surface area contributed by atoms with Crippen LogP contribution < -0.4 is 21.3 Å². The fraction of sp³-hybridized carbons (Fsp3) is 0.278. The van der Waals surface area contributed by atoms with Gasteiger partial charge in [-0.05, 0) is 61.0 Å². The lowest BCUT2D eigenvalue weighted by molar-refractivity contribution is -0.0691. The molecule has 0 aliphatic carbocycles. The molecule has 0 unspecified atom stereocenters. The fourth-order valence-corrected chi connectivity index (χ4v) is 6.99. The monoisotopic (exact) mass is 662 g/mol. The molecule has 2 fully saturated rings. The molecule has 8 rings (SSSR count). The molecule has 2 aliphatic heterocycles. The van der Waals surface area contributed by atoms with Crippen molar-refractivity contribution in [1.29, 1.82) is 0 Å².